The van der Waals surface area contributed by atoms with E-state index in [0.717, 1.165) is 6.54 Å². The Balaban J connectivity index is 2.04. The molecule has 1 N–H and O–H groups in total. The van der Waals surface area contributed by atoms with Gasteiger partial charge in [0.05, 0.1) is 5.60 Å². The summed E-state index contributed by atoms with van der Waals surface area (Å²) in [4.78, 5) is 16.6. The van der Waals surface area contributed by atoms with Crippen molar-refractivity contribution >= 4 is 17.5 Å². The molecule has 1 aliphatic heterocycles. The van der Waals surface area contributed by atoms with Crippen LogP contribution in [0.25, 0.3) is 0 Å². The molecule has 2 rings (SSSR count). The molecule has 1 fully saturated rings. The molecule has 0 aromatic heterocycles. The normalized spacial score (nSPS) is 18.9. The molecule has 22 heavy (non-hydrogen) atoms. The number of aliphatic hydroxyl groups is 1. The maximum atomic E-state index is 12.6. The molecular weight excluding hydrogens is 300 g/mol. The molecule has 1 heterocycles. The second-order valence-electron chi connectivity index (χ2n) is 6.90. The van der Waals surface area contributed by atoms with Crippen LogP contribution >= 0.6 is 11.6 Å². The number of β-amino-alcohol motifs (C(OH)–C–C–N with tert-alkyl or cyclic N) is 1. The van der Waals surface area contributed by atoms with Gasteiger partial charge in [-0.3, -0.25) is 9.69 Å². The van der Waals surface area contributed by atoms with Gasteiger partial charge in [-0.2, -0.15) is 0 Å². The summed E-state index contributed by atoms with van der Waals surface area (Å²) in [6.45, 7) is 8.20. The van der Waals surface area contributed by atoms with Crippen LogP contribution in [-0.2, 0) is 0 Å². The van der Waals surface area contributed by atoms with Gasteiger partial charge < -0.3 is 10.0 Å². The highest BCUT2D eigenvalue weighted by atomic mass is 35.5. The second-order valence-corrected chi connectivity index (χ2v) is 7.34. The second kappa shape index (κ2) is 6.57. The zero-order chi connectivity index (χ0) is 16.5. The van der Waals surface area contributed by atoms with Gasteiger partial charge in [0.1, 0.15) is 0 Å². The van der Waals surface area contributed by atoms with Gasteiger partial charge in [-0.1, -0.05) is 25.4 Å². The summed E-state index contributed by atoms with van der Waals surface area (Å²) in [6, 6.07) is 7.10. The number of halogens is 1. The number of carbonyl (C=O) groups excluding carboxylic acids is 1. The Hall–Kier alpha value is -1.10. The fraction of sp³-hybridized carbons (Fsp3) is 0.588. The predicted octanol–water partition coefficient (Wildman–Crippen LogP) is 2.50. The first kappa shape index (κ1) is 17.3. The van der Waals surface area contributed by atoms with Gasteiger partial charge in [-0.15, -0.1) is 0 Å². The minimum atomic E-state index is -0.583. The zero-order valence-corrected chi connectivity index (χ0v) is 14.5. The zero-order valence-electron chi connectivity index (χ0n) is 13.7. The molecule has 0 saturated carbocycles. The van der Waals surface area contributed by atoms with E-state index in [4.69, 9.17) is 11.6 Å². The molecule has 1 amide bonds. The smallest absolute Gasteiger partial charge is 0.253 e. The molecule has 1 aromatic carbocycles. The van der Waals surface area contributed by atoms with Crippen LogP contribution in [0.2, 0.25) is 5.02 Å². The number of carbonyl (C=O) groups is 1. The van der Waals surface area contributed by atoms with Crippen molar-refractivity contribution in [3.8, 4) is 0 Å². The third-order valence-corrected chi connectivity index (χ3v) is 4.50. The molecule has 0 bridgehead atoms. The molecule has 5 heteroatoms. The maximum Gasteiger partial charge on any atom is 0.253 e. The van der Waals surface area contributed by atoms with Gasteiger partial charge in [0.25, 0.3) is 5.91 Å². The molecule has 1 saturated heterocycles. The number of hydrogen-bond acceptors (Lipinski definition) is 3. The van der Waals surface area contributed by atoms with Crippen molar-refractivity contribution in [2.45, 2.75) is 32.4 Å². The van der Waals surface area contributed by atoms with Crippen LogP contribution in [0.1, 0.15) is 31.1 Å². The summed E-state index contributed by atoms with van der Waals surface area (Å²) in [5.74, 6) is 0.342. The van der Waals surface area contributed by atoms with Gasteiger partial charge in [0.15, 0.2) is 0 Å². The van der Waals surface area contributed by atoms with Crippen molar-refractivity contribution in [1.29, 1.82) is 0 Å². The molecule has 0 aliphatic carbocycles. The Morgan fingerprint density at radius 2 is 1.91 bits per heavy atom. The molecule has 0 spiro atoms. The minimum Gasteiger partial charge on any atom is -0.388 e. The van der Waals surface area contributed by atoms with Crippen LogP contribution in [0.15, 0.2) is 24.3 Å². The molecule has 4 nitrogen and oxygen atoms in total. The van der Waals surface area contributed by atoms with Crippen LogP contribution in [-0.4, -0.2) is 59.1 Å². The summed E-state index contributed by atoms with van der Waals surface area (Å²) in [6.07, 6.45) is 0. The molecule has 122 valence electrons. The van der Waals surface area contributed by atoms with Crippen LogP contribution in [0.3, 0.4) is 0 Å². The van der Waals surface area contributed by atoms with Crippen molar-refractivity contribution in [2.24, 2.45) is 5.92 Å². The van der Waals surface area contributed by atoms with E-state index in [1.165, 1.54) is 0 Å². The first-order valence-corrected chi connectivity index (χ1v) is 8.05. The molecule has 1 atom stereocenters. The highest BCUT2D eigenvalue weighted by molar-refractivity contribution is 6.30. The van der Waals surface area contributed by atoms with Crippen molar-refractivity contribution < 1.29 is 9.90 Å². The van der Waals surface area contributed by atoms with Gasteiger partial charge >= 0.3 is 0 Å². The average Bonchev–Trinajstić information content (AvgIpc) is 2.41. The topological polar surface area (TPSA) is 43.8 Å². The van der Waals surface area contributed by atoms with Gasteiger partial charge in [0, 0.05) is 43.3 Å². The fourth-order valence-electron chi connectivity index (χ4n) is 3.04. The highest BCUT2D eigenvalue weighted by Gasteiger charge is 2.38. The van der Waals surface area contributed by atoms with Gasteiger partial charge in [0.2, 0.25) is 0 Å². The minimum absolute atomic E-state index is 0.00245. The molecular formula is C17H25ClN2O2. The number of rotatable bonds is 5. The van der Waals surface area contributed by atoms with E-state index in [1.807, 2.05) is 14.0 Å². The van der Waals surface area contributed by atoms with E-state index < -0.39 is 5.60 Å². The summed E-state index contributed by atoms with van der Waals surface area (Å²) >= 11 is 5.88. The predicted molar refractivity (Wildman–Crippen MR) is 89.2 cm³/mol. The number of likely N-dealkylation sites (tertiary alicyclic amines) is 1. The fourth-order valence-corrected chi connectivity index (χ4v) is 3.16. The molecule has 0 radical (unpaired) electrons. The summed E-state index contributed by atoms with van der Waals surface area (Å²) in [5, 5.41) is 10.5. The first-order chi connectivity index (χ1) is 10.2. The average molecular weight is 325 g/mol. The SMILES string of the molecule is CC(C)[C@@H](CN1CC(C)(O)C1)N(C)C(=O)c1ccc(Cl)cc1. The number of amides is 1. The summed E-state index contributed by atoms with van der Waals surface area (Å²) < 4.78 is 0. The third kappa shape index (κ3) is 4.00. The maximum absolute atomic E-state index is 12.6. The molecule has 0 unspecified atom stereocenters. The summed E-state index contributed by atoms with van der Waals surface area (Å²) in [5.41, 5.74) is 0.0634. The third-order valence-electron chi connectivity index (χ3n) is 4.25. The van der Waals surface area contributed by atoms with E-state index in [-0.39, 0.29) is 11.9 Å². The van der Waals surface area contributed by atoms with E-state index in [0.29, 0.717) is 29.6 Å². The Labute approximate surface area is 137 Å². The summed E-state index contributed by atoms with van der Waals surface area (Å²) in [7, 11) is 1.85. The van der Waals surface area contributed by atoms with Crippen molar-refractivity contribution in [1.82, 2.24) is 9.80 Å². The molecule has 1 aliphatic rings. The van der Waals surface area contributed by atoms with Crippen LogP contribution in [0.4, 0.5) is 0 Å². The quantitative estimate of drug-likeness (QED) is 0.905. The van der Waals surface area contributed by atoms with Crippen LogP contribution in [0, 0.1) is 5.92 Å². The van der Waals surface area contributed by atoms with Crippen LogP contribution < -0.4 is 0 Å². The lowest BCUT2D eigenvalue weighted by atomic mass is 9.93. The van der Waals surface area contributed by atoms with Crippen molar-refractivity contribution in [2.75, 3.05) is 26.7 Å². The van der Waals surface area contributed by atoms with Crippen molar-refractivity contribution in [3.05, 3.63) is 34.9 Å². The monoisotopic (exact) mass is 324 g/mol. The van der Waals surface area contributed by atoms with E-state index in [9.17, 15) is 9.90 Å². The first-order valence-electron chi connectivity index (χ1n) is 7.67. The van der Waals surface area contributed by atoms with Crippen LogP contribution in [0.5, 0.6) is 0 Å². The standard InChI is InChI=1S/C17H25ClN2O2/c1-12(2)15(9-20-10-17(3,22)11-20)19(4)16(21)13-5-7-14(18)8-6-13/h5-8,12,15,22H,9-11H2,1-4H3/t15-/m1/s1. The lowest BCUT2D eigenvalue weighted by Crippen LogP contribution is -2.63. The number of nitrogens with zero attached hydrogens (tertiary/aromatic N) is 2. The highest BCUT2D eigenvalue weighted by Crippen LogP contribution is 2.23. The Morgan fingerprint density at radius 3 is 2.36 bits per heavy atom. The lowest BCUT2D eigenvalue weighted by Gasteiger charge is -2.47. The van der Waals surface area contributed by atoms with E-state index in [2.05, 4.69) is 18.7 Å². The van der Waals surface area contributed by atoms with Crippen molar-refractivity contribution in [3.63, 3.8) is 0 Å². The Bertz CT molecular complexity index is 520. The molecule has 1 aromatic rings. The number of benzene rings is 1. The van der Waals surface area contributed by atoms with E-state index >= 15 is 0 Å². The Morgan fingerprint density at radius 1 is 1.36 bits per heavy atom. The van der Waals surface area contributed by atoms with Gasteiger partial charge in [-0.25, -0.2) is 0 Å². The number of hydrogen-bond donors (Lipinski definition) is 1. The lowest BCUT2D eigenvalue weighted by molar-refractivity contribution is -0.0911. The largest absolute Gasteiger partial charge is 0.388 e. The van der Waals surface area contributed by atoms with E-state index in [1.54, 1.807) is 29.2 Å². The number of likely N-dealkylation sites (N-methyl/N-ethyl adjacent to an activating group) is 1. The van der Waals surface area contributed by atoms with Gasteiger partial charge in [-0.05, 0) is 37.1 Å². The Kier molecular flexibility index (Phi) is 5.15.